The number of rotatable bonds is 5. The van der Waals surface area contributed by atoms with Crippen LogP contribution in [0.1, 0.15) is 10.4 Å². The highest BCUT2D eigenvalue weighted by Crippen LogP contribution is 2.32. The second-order valence-electron chi connectivity index (χ2n) is 5.90. The summed E-state index contributed by atoms with van der Waals surface area (Å²) < 4.78 is 39.0. The lowest BCUT2D eigenvalue weighted by Gasteiger charge is -2.19. The Bertz CT molecular complexity index is 1040. The van der Waals surface area contributed by atoms with Crippen molar-refractivity contribution in [3.05, 3.63) is 47.0 Å². The Kier molecular flexibility index (Phi) is 5.76. The van der Waals surface area contributed by atoms with E-state index >= 15 is 0 Å². The molecule has 0 spiro atoms. The number of carbonyl (C=O) groups excluding carboxylic acids is 2. The van der Waals surface area contributed by atoms with Gasteiger partial charge in [0, 0.05) is 18.0 Å². The number of ether oxygens (including phenoxy) is 3. The number of nitrogens with one attached hydrogen (secondary N) is 1. The maximum absolute atomic E-state index is 12.2. The number of hydrogen-bond donors (Lipinski definition) is 1. The lowest BCUT2D eigenvalue weighted by Crippen LogP contribution is -2.21. The lowest BCUT2D eigenvalue weighted by atomic mass is 10.2. The van der Waals surface area contributed by atoms with Crippen molar-refractivity contribution in [3.63, 3.8) is 0 Å². The smallest absolute Gasteiger partial charge is 0.340 e. The van der Waals surface area contributed by atoms with Gasteiger partial charge in [0.1, 0.15) is 13.2 Å². The minimum atomic E-state index is -3.52. The first-order chi connectivity index (χ1) is 13.2. The number of esters is 1. The molecule has 2 aromatic rings. The minimum absolute atomic E-state index is 0.0182. The highest BCUT2D eigenvalue weighted by atomic mass is 35.5. The molecule has 1 N–H and O–H groups in total. The van der Waals surface area contributed by atoms with Crippen LogP contribution in [0.4, 0.5) is 5.69 Å². The van der Waals surface area contributed by atoms with Crippen molar-refractivity contribution in [2.75, 3.05) is 31.4 Å². The number of hydrogen-bond acceptors (Lipinski definition) is 7. The zero-order valence-corrected chi connectivity index (χ0v) is 16.3. The lowest BCUT2D eigenvalue weighted by molar-refractivity contribution is -0.119. The van der Waals surface area contributed by atoms with Gasteiger partial charge >= 0.3 is 5.97 Å². The van der Waals surface area contributed by atoms with E-state index in [0.717, 1.165) is 12.3 Å². The minimum Gasteiger partial charge on any atom is -0.486 e. The molecule has 0 fully saturated rings. The first-order valence-corrected chi connectivity index (χ1v) is 10.4. The third-order valence-corrected chi connectivity index (χ3v) is 5.19. The van der Waals surface area contributed by atoms with Gasteiger partial charge in [-0.15, -0.1) is 0 Å². The Hall–Kier alpha value is -2.78. The van der Waals surface area contributed by atoms with E-state index in [4.69, 9.17) is 25.8 Å². The Balaban J connectivity index is 1.62. The predicted molar refractivity (Wildman–Crippen MR) is 101 cm³/mol. The molecule has 0 aromatic heterocycles. The molecule has 3 rings (SSSR count). The van der Waals surface area contributed by atoms with Gasteiger partial charge in [-0.3, -0.25) is 4.79 Å². The van der Waals surface area contributed by atoms with E-state index in [1.54, 1.807) is 18.2 Å². The van der Waals surface area contributed by atoms with Gasteiger partial charge in [0.25, 0.3) is 5.91 Å². The standard InChI is InChI=1S/C18H16ClNO7S/c1-28(23,24)12-3-4-14(19)13(9-12)18(22)27-10-17(21)20-11-2-5-15-16(8-11)26-7-6-25-15/h2-5,8-9H,6-7,10H2,1H3,(H,20,21). The summed E-state index contributed by atoms with van der Waals surface area (Å²) in [7, 11) is -3.52. The first-order valence-electron chi connectivity index (χ1n) is 8.10. The Morgan fingerprint density at radius 3 is 2.54 bits per heavy atom. The number of halogens is 1. The van der Waals surface area contributed by atoms with Crippen LogP contribution < -0.4 is 14.8 Å². The highest BCUT2D eigenvalue weighted by molar-refractivity contribution is 7.90. The molecule has 0 unspecified atom stereocenters. The maximum Gasteiger partial charge on any atom is 0.340 e. The van der Waals surface area contributed by atoms with Crippen LogP contribution in [-0.2, 0) is 19.4 Å². The van der Waals surface area contributed by atoms with Gasteiger partial charge in [-0.2, -0.15) is 0 Å². The normalized spacial score (nSPS) is 12.9. The molecule has 0 saturated carbocycles. The van der Waals surface area contributed by atoms with E-state index in [2.05, 4.69) is 5.32 Å². The summed E-state index contributed by atoms with van der Waals surface area (Å²) in [5.74, 6) is -0.408. The van der Waals surface area contributed by atoms with Crippen LogP contribution in [0.3, 0.4) is 0 Å². The second kappa shape index (κ2) is 8.07. The van der Waals surface area contributed by atoms with Crippen LogP contribution in [-0.4, -0.2) is 46.4 Å². The molecular formula is C18H16ClNO7S. The molecule has 0 saturated heterocycles. The summed E-state index contributed by atoms with van der Waals surface area (Å²) >= 11 is 5.93. The molecule has 148 valence electrons. The topological polar surface area (TPSA) is 108 Å². The fraction of sp³-hybridized carbons (Fsp3) is 0.222. The van der Waals surface area contributed by atoms with E-state index in [-0.39, 0.29) is 15.5 Å². The number of sulfone groups is 1. The van der Waals surface area contributed by atoms with Gasteiger partial charge in [-0.05, 0) is 30.3 Å². The van der Waals surface area contributed by atoms with Gasteiger partial charge in [0.2, 0.25) is 0 Å². The van der Waals surface area contributed by atoms with Crippen molar-refractivity contribution in [1.29, 1.82) is 0 Å². The Morgan fingerprint density at radius 2 is 1.82 bits per heavy atom. The zero-order chi connectivity index (χ0) is 20.3. The highest BCUT2D eigenvalue weighted by Gasteiger charge is 2.18. The molecule has 10 heteroatoms. The average Bonchev–Trinajstić information content (AvgIpc) is 2.65. The summed E-state index contributed by atoms with van der Waals surface area (Å²) in [6.45, 7) is 0.291. The summed E-state index contributed by atoms with van der Waals surface area (Å²) in [6.07, 6.45) is 1.01. The van der Waals surface area contributed by atoms with Crippen molar-refractivity contribution in [3.8, 4) is 11.5 Å². The second-order valence-corrected chi connectivity index (χ2v) is 8.32. The fourth-order valence-corrected chi connectivity index (χ4v) is 3.26. The van der Waals surface area contributed by atoms with Crippen LogP contribution in [0.15, 0.2) is 41.3 Å². The predicted octanol–water partition coefficient (Wildman–Crippen LogP) is 2.31. The van der Waals surface area contributed by atoms with Crippen LogP contribution in [0.25, 0.3) is 0 Å². The quantitative estimate of drug-likeness (QED) is 0.732. The van der Waals surface area contributed by atoms with Crippen molar-refractivity contribution in [2.24, 2.45) is 0 Å². The zero-order valence-electron chi connectivity index (χ0n) is 14.7. The summed E-state index contributed by atoms with van der Waals surface area (Å²) in [6, 6.07) is 8.55. The van der Waals surface area contributed by atoms with Gasteiger partial charge in [0.15, 0.2) is 27.9 Å². The molecule has 0 atom stereocenters. The molecule has 0 radical (unpaired) electrons. The molecule has 1 aliphatic rings. The molecule has 8 nitrogen and oxygen atoms in total. The molecule has 1 aliphatic heterocycles. The summed E-state index contributed by atoms with van der Waals surface area (Å²) in [5.41, 5.74) is 0.305. The van der Waals surface area contributed by atoms with Gasteiger partial charge < -0.3 is 19.5 Å². The third-order valence-electron chi connectivity index (χ3n) is 3.75. The van der Waals surface area contributed by atoms with Crippen molar-refractivity contribution >= 4 is 39.0 Å². The monoisotopic (exact) mass is 425 g/mol. The Labute approximate surface area is 166 Å². The fourth-order valence-electron chi connectivity index (χ4n) is 2.42. The average molecular weight is 426 g/mol. The first kappa shape index (κ1) is 20.0. The van der Waals surface area contributed by atoms with Crippen LogP contribution >= 0.6 is 11.6 Å². The number of anilines is 1. The van der Waals surface area contributed by atoms with Crippen molar-refractivity contribution in [2.45, 2.75) is 4.90 Å². The SMILES string of the molecule is CS(=O)(=O)c1ccc(Cl)c(C(=O)OCC(=O)Nc2ccc3c(c2)OCCO3)c1. The molecule has 0 bridgehead atoms. The summed E-state index contributed by atoms with van der Waals surface area (Å²) in [4.78, 5) is 24.1. The molecule has 2 aromatic carbocycles. The maximum atomic E-state index is 12.2. The van der Waals surface area contributed by atoms with Crippen molar-refractivity contribution in [1.82, 2.24) is 0 Å². The van der Waals surface area contributed by atoms with Gasteiger partial charge in [-0.1, -0.05) is 11.6 Å². The van der Waals surface area contributed by atoms with Gasteiger partial charge in [-0.25, -0.2) is 13.2 Å². The number of fused-ring (bicyclic) bond motifs is 1. The summed E-state index contributed by atoms with van der Waals surface area (Å²) in [5, 5.41) is 2.59. The van der Waals surface area contributed by atoms with E-state index in [0.29, 0.717) is 30.4 Å². The third kappa shape index (κ3) is 4.73. The number of benzene rings is 2. The number of carbonyl (C=O) groups is 2. The molecule has 1 amide bonds. The molecule has 28 heavy (non-hydrogen) atoms. The van der Waals surface area contributed by atoms with Crippen LogP contribution in [0.5, 0.6) is 11.5 Å². The van der Waals surface area contributed by atoms with Crippen LogP contribution in [0.2, 0.25) is 5.02 Å². The van der Waals surface area contributed by atoms with Crippen LogP contribution in [0, 0.1) is 0 Å². The molecule has 0 aliphatic carbocycles. The largest absolute Gasteiger partial charge is 0.486 e. The number of amides is 1. The van der Waals surface area contributed by atoms with E-state index < -0.39 is 28.3 Å². The van der Waals surface area contributed by atoms with Gasteiger partial charge in [0.05, 0.1) is 15.5 Å². The Morgan fingerprint density at radius 1 is 1.11 bits per heavy atom. The van der Waals surface area contributed by atoms with E-state index in [9.17, 15) is 18.0 Å². The molecular weight excluding hydrogens is 410 g/mol. The van der Waals surface area contributed by atoms with E-state index in [1.165, 1.54) is 12.1 Å². The van der Waals surface area contributed by atoms with E-state index in [1.807, 2.05) is 0 Å². The molecule has 1 heterocycles. The van der Waals surface area contributed by atoms with Crippen molar-refractivity contribution < 1.29 is 32.2 Å².